The number of aromatic nitrogens is 1. The van der Waals surface area contributed by atoms with Crippen LogP contribution in [0.4, 0.5) is 15.8 Å². The van der Waals surface area contributed by atoms with Crippen molar-refractivity contribution in [2.24, 2.45) is 10.2 Å². The molecular formula is C15H11FN4OS. The second-order valence-electron chi connectivity index (χ2n) is 4.37. The predicted octanol–water partition coefficient (Wildman–Crippen LogP) is 4.77. The minimum absolute atomic E-state index is 0.0464. The number of nitrogens with zero attached hydrogens (tertiary/aromatic N) is 2. The number of aromatic hydroxyl groups is 1. The van der Waals surface area contributed by atoms with Crippen LogP contribution in [-0.2, 0) is 0 Å². The maximum atomic E-state index is 13.0. The molecule has 1 heterocycles. The highest BCUT2D eigenvalue weighted by molar-refractivity contribution is 7.90. The quantitative estimate of drug-likeness (QED) is 0.471. The fourth-order valence-corrected chi connectivity index (χ4v) is 2.31. The van der Waals surface area contributed by atoms with Crippen LogP contribution in [0.3, 0.4) is 0 Å². The molecule has 3 N–H and O–H groups in total. The molecule has 0 atom stereocenters. The van der Waals surface area contributed by atoms with Crippen molar-refractivity contribution in [3.63, 3.8) is 0 Å². The van der Waals surface area contributed by atoms with Gasteiger partial charge < -0.3 is 14.8 Å². The van der Waals surface area contributed by atoms with E-state index in [2.05, 4.69) is 25.2 Å². The first-order valence-electron chi connectivity index (χ1n) is 6.37. The molecule has 0 bridgehead atoms. The third-order valence-electron chi connectivity index (χ3n) is 2.89. The molecule has 110 valence electrons. The van der Waals surface area contributed by atoms with Crippen LogP contribution in [0.2, 0.25) is 0 Å². The number of hydrogen-bond acceptors (Lipinski definition) is 4. The maximum Gasteiger partial charge on any atom is 0.218 e. The van der Waals surface area contributed by atoms with Gasteiger partial charge >= 0.3 is 0 Å². The highest BCUT2D eigenvalue weighted by atomic mass is 32.1. The van der Waals surface area contributed by atoms with Gasteiger partial charge in [-0.2, -0.15) is 0 Å². The first kappa shape index (κ1) is 14.1. The topological polar surface area (TPSA) is 72.8 Å². The zero-order valence-corrected chi connectivity index (χ0v) is 12.1. The van der Waals surface area contributed by atoms with Crippen LogP contribution < -0.4 is 4.72 Å². The van der Waals surface area contributed by atoms with Gasteiger partial charge in [-0.1, -0.05) is 29.4 Å². The van der Waals surface area contributed by atoms with E-state index in [1.54, 1.807) is 12.1 Å². The summed E-state index contributed by atoms with van der Waals surface area (Å²) in [5, 5.41) is 20.9. The Morgan fingerprint density at radius 1 is 1.18 bits per heavy atom. The van der Waals surface area contributed by atoms with Gasteiger partial charge in [0.2, 0.25) is 5.88 Å². The molecule has 1 aromatic heterocycles. The van der Waals surface area contributed by atoms with Gasteiger partial charge in [0.1, 0.15) is 5.82 Å². The molecule has 0 radical (unpaired) electrons. The van der Waals surface area contributed by atoms with Crippen molar-refractivity contribution >= 4 is 33.6 Å². The van der Waals surface area contributed by atoms with Crippen molar-refractivity contribution in [2.75, 3.05) is 4.72 Å². The van der Waals surface area contributed by atoms with Gasteiger partial charge in [-0.25, -0.2) is 4.39 Å². The molecular weight excluding hydrogens is 303 g/mol. The summed E-state index contributed by atoms with van der Waals surface area (Å²) in [6.45, 7) is 0. The van der Waals surface area contributed by atoms with E-state index in [1.165, 1.54) is 12.1 Å². The summed E-state index contributed by atoms with van der Waals surface area (Å²) in [5.74, 6) is -0.370. The van der Waals surface area contributed by atoms with Crippen LogP contribution in [0.25, 0.3) is 10.9 Å². The average Bonchev–Trinajstić information content (AvgIpc) is 2.83. The average molecular weight is 314 g/mol. The summed E-state index contributed by atoms with van der Waals surface area (Å²) < 4.78 is 15.8. The van der Waals surface area contributed by atoms with Crippen LogP contribution in [0, 0.1) is 11.1 Å². The largest absolute Gasteiger partial charge is 0.493 e. The number of azo groups is 1. The molecule has 0 amide bonds. The number of fused-ring (bicyclic) bond motifs is 1. The fourth-order valence-electron chi connectivity index (χ4n) is 1.94. The summed E-state index contributed by atoms with van der Waals surface area (Å²) in [4.78, 5) is 2.81. The molecule has 0 aliphatic carbocycles. The molecule has 3 rings (SSSR count). The van der Waals surface area contributed by atoms with E-state index in [0.717, 1.165) is 22.3 Å². The fraction of sp³-hybridized carbons (Fsp3) is 0. The smallest absolute Gasteiger partial charge is 0.218 e. The summed E-state index contributed by atoms with van der Waals surface area (Å²) in [6.07, 6.45) is 0. The van der Waals surface area contributed by atoms with Crippen molar-refractivity contribution in [2.45, 2.75) is 0 Å². The predicted molar refractivity (Wildman–Crippen MR) is 86.0 cm³/mol. The normalized spacial score (nSPS) is 10.8. The van der Waals surface area contributed by atoms with Crippen LogP contribution in [0.5, 0.6) is 5.88 Å². The van der Waals surface area contributed by atoms with Crippen LogP contribution in [0.1, 0.15) is 0 Å². The van der Waals surface area contributed by atoms with Crippen molar-refractivity contribution < 1.29 is 9.50 Å². The first-order valence-corrected chi connectivity index (χ1v) is 7.18. The lowest BCUT2D eigenvalue weighted by molar-refractivity contribution is 0.459. The van der Waals surface area contributed by atoms with E-state index in [4.69, 9.17) is 0 Å². The second kappa shape index (κ2) is 6.26. The number of hydrogen-bond donors (Lipinski definition) is 3. The maximum absolute atomic E-state index is 13.0. The molecule has 5 nitrogen and oxygen atoms in total. The summed E-state index contributed by atoms with van der Waals surface area (Å²) in [6, 6.07) is 13.4. The van der Waals surface area contributed by atoms with E-state index in [0.29, 0.717) is 11.4 Å². The number of anilines is 1. The second-order valence-corrected chi connectivity index (χ2v) is 4.96. The summed E-state index contributed by atoms with van der Waals surface area (Å²) in [7, 11) is 0. The number of aromatic amines is 1. The molecule has 2 aromatic carbocycles. The Morgan fingerprint density at radius 2 is 2.05 bits per heavy atom. The number of halogens is 1. The van der Waals surface area contributed by atoms with E-state index in [1.807, 2.05) is 24.3 Å². The third kappa shape index (κ3) is 3.06. The zero-order valence-electron chi connectivity index (χ0n) is 11.2. The molecule has 7 heteroatoms. The van der Waals surface area contributed by atoms with E-state index < -0.39 is 0 Å². The van der Waals surface area contributed by atoms with Gasteiger partial charge in [-0.15, -0.1) is 5.11 Å². The molecule has 0 aliphatic rings. The van der Waals surface area contributed by atoms with Gasteiger partial charge in [-0.05, 0) is 24.3 Å². The molecule has 0 unspecified atom stereocenters. The Labute approximate surface area is 129 Å². The van der Waals surface area contributed by atoms with Gasteiger partial charge in [0.05, 0.1) is 16.5 Å². The SMILES string of the molecule is Oc1[nH]c2ccccc2c1N=NC#SNc1cccc(F)c1. The van der Waals surface area contributed by atoms with Crippen molar-refractivity contribution in [3.8, 4) is 11.2 Å². The number of para-hydroxylation sites is 1. The van der Waals surface area contributed by atoms with Crippen molar-refractivity contribution in [1.82, 2.24) is 4.98 Å². The zero-order chi connectivity index (χ0) is 15.4. The van der Waals surface area contributed by atoms with Crippen LogP contribution in [-0.4, -0.2) is 10.1 Å². The highest BCUT2D eigenvalue weighted by Crippen LogP contribution is 2.34. The molecule has 0 saturated heterocycles. The first-order chi connectivity index (χ1) is 10.7. The molecule has 0 saturated carbocycles. The summed E-state index contributed by atoms with van der Waals surface area (Å²) >= 11 is 1.03. The third-order valence-corrected chi connectivity index (χ3v) is 3.40. The van der Waals surface area contributed by atoms with Gasteiger partial charge in [0.15, 0.2) is 5.69 Å². The molecule has 0 fully saturated rings. The lowest BCUT2D eigenvalue weighted by atomic mass is 10.2. The highest BCUT2D eigenvalue weighted by Gasteiger charge is 2.08. The number of nitrogens with one attached hydrogen (secondary N) is 2. The molecule has 3 aromatic rings. The van der Waals surface area contributed by atoms with Crippen molar-refractivity contribution in [3.05, 3.63) is 54.3 Å². The van der Waals surface area contributed by atoms with Crippen LogP contribution in [0.15, 0.2) is 58.8 Å². The Hall–Kier alpha value is -2.89. The van der Waals surface area contributed by atoms with Crippen LogP contribution >= 0.6 is 11.4 Å². The van der Waals surface area contributed by atoms with Gasteiger partial charge in [0, 0.05) is 16.7 Å². The van der Waals surface area contributed by atoms with E-state index in [9.17, 15) is 9.50 Å². The van der Waals surface area contributed by atoms with E-state index >= 15 is 0 Å². The van der Waals surface area contributed by atoms with Crippen molar-refractivity contribution in [1.29, 1.82) is 0 Å². The lowest BCUT2D eigenvalue weighted by Gasteiger charge is -1.95. The minimum atomic E-state index is -0.323. The standard InChI is InChI=1S/C15H11FN4OS/c16-10-4-3-5-11(8-10)20-22-9-17-19-14-12-6-1-2-7-13(12)18-15(14)21/h1-8,18,20-21H. The Kier molecular flexibility index (Phi) is 4.00. The van der Waals surface area contributed by atoms with E-state index in [-0.39, 0.29) is 11.7 Å². The minimum Gasteiger partial charge on any atom is -0.493 e. The van der Waals surface area contributed by atoms with Gasteiger partial charge in [0.25, 0.3) is 0 Å². The Morgan fingerprint density at radius 3 is 2.91 bits per heavy atom. The molecule has 0 aliphatic heterocycles. The Bertz CT molecular complexity index is 911. The number of H-pyrrole nitrogens is 1. The monoisotopic (exact) mass is 314 g/mol. The lowest BCUT2D eigenvalue weighted by Crippen LogP contribution is -1.81. The molecule has 22 heavy (non-hydrogen) atoms. The number of rotatable bonds is 2. The van der Waals surface area contributed by atoms with Gasteiger partial charge in [-0.3, -0.25) is 0 Å². The Balaban J connectivity index is 1.75. The number of benzene rings is 2. The summed E-state index contributed by atoms with van der Waals surface area (Å²) in [5.41, 5.74) is 1.73. The molecule has 0 spiro atoms.